The van der Waals surface area contributed by atoms with Crippen LogP contribution in [0.1, 0.15) is 49.4 Å². The summed E-state index contributed by atoms with van der Waals surface area (Å²) in [6.45, 7) is 9.61. The fraction of sp³-hybridized carbons (Fsp3) is 0.279. The number of rotatable bonds is 10. The van der Waals surface area contributed by atoms with Gasteiger partial charge in [-0.05, 0) is 50.1 Å². The second-order valence-electron chi connectivity index (χ2n) is 13.2. The minimum Gasteiger partial charge on any atom is -0.463 e. The molecule has 1 saturated heterocycles. The van der Waals surface area contributed by atoms with E-state index in [9.17, 15) is 14.4 Å². The molecule has 9 nitrogen and oxygen atoms in total. The van der Waals surface area contributed by atoms with Gasteiger partial charge in [0.1, 0.15) is 17.8 Å². The van der Waals surface area contributed by atoms with Crippen LogP contribution in [-0.4, -0.2) is 67.7 Å². The van der Waals surface area contributed by atoms with Gasteiger partial charge in [0.25, 0.3) is 0 Å². The summed E-state index contributed by atoms with van der Waals surface area (Å²) in [5.74, 6) is -1.99. The van der Waals surface area contributed by atoms with E-state index in [-0.39, 0.29) is 35.8 Å². The molecule has 7 rings (SSSR count). The SMILES string of the molecule is CCOC(=O)C1=C(C)NC(C)=C(C(=O)OCCN2CCN(C(c3ccccc3)c3ccccc3)CC2)C1c1cccc2c(=O)c3ccccc3oc12. The lowest BCUT2D eigenvalue weighted by atomic mass is 9.79. The molecule has 52 heavy (non-hydrogen) atoms. The molecule has 0 aliphatic carbocycles. The Bertz CT molecular complexity index is 2180. The summed E-state index contributed by atoms with van der Waals surface area (Å²) in [4.78, 5) is 46.1. The van der Waals surface area contributed by atoms with E-state index in [2.05, 4.69) is 63.6 Å². The largest absolute Gasteiger partial charge is 0.463 e. The molecule has 0 bridgehead atoms. The maximum absolute atomic E-state index is 14.1. The highest BCUT2D eigenvalue weighted by Gasteiger charge is 2.39. The van der Waals surface area contributed by atoms with Gasteiger partial charge in [0.05, 0.1) is 40.5 Å². The molecule has 0 amide bonds. The zero-order valence-corrected chi connectivity index (χ0v) is 29.8. The number of esters is 2. The van der Waals surface area contributed by atoms with E-state index < -0.39 is 17.9 Å². The Kier molecular flexibility index (Phi) is 10.3. The molecule has 3 heterocycles. The predicted molar refractivity (Wildman–Crippen MR) is 202 cm³/mol. The maximum atomic E-state index is 14.1. The highest BCUT2D eigenvalue weighted by molar-refractivity contribution is 6.02. The van der Waals surface area contributed by atoms with E-state index in [4.69, 9.17) is 13.9 Å². The predicted octanol–water partition coefficient (Wildman–Crippen LogP) is 6.69. The molecule has 5 aromatic rings. The third kappa shape index (κ3) is 6.89. The Morgan fingerprint density at radius 3 is 1.96 bits per heavy atom. The summed E-state index contributed by atoms with van der Waals surface area (Å²) in [5, 5.41) is 4.04. The van der Waals surface area contributed by atoms with Crippen molar-refractivity contribution in [1.82, 2.24) is 15.1 Å². The number of nitrogens with zero attached hydrogens (tertiary/aromatic N) is 2. The van der Waals surface area contributed by atoms with Crippen LogP contribution < -0.4 is 10.7 Å². The Balaban J connectivity index is 1.11. The number of fused-ring (bicyclic) bond motifs is 2. The summed E-state index contributed by atoms with van der Waals surface area (Å²) in [5.41, 5.74) is 5.24. The quantitative estimate of drug-likeness (QED) is 0.126. The summed E-state index contributed by atoms with van der Waals surface area (Å²) in [6.07, 6.45) is 0. The third-order valence-electron chi connectivity index (χ3n) is 10.1. The molecule has 1 aromatic heterocycles. The van der Waals surface area contributed by atoms with Gasteiger partial charge in [0.2, 0.25) is 5.43 Å². The van der Waals surface area contributed by atoms with Gasteiger partial charge >= 0.3 is 11.9 Å². The van der Waals surface area contributed by atoms with E-state index in [1.807, 2.05) is 12.1 Å². The highest BCUT2D eigenvalue weighted by Crippen LogP contribution is 2.42. The van der Waals surface area contributed by atoms with Crippen LogP contribution >= 0.6 is 0 Å². The molecule has 4 aromatic carbocycles. The number of hydrogen-bond acceptors (Lipinski definition) is 9. The van der Waals surface area contributed by atoms with Crippen molar-refractivity contribution in [3.63, 3.8) is 0 Å². The molecule has 266 valence electrons. The first-order chi connectivity index (χ1) is 25.4. The van der Waals surface area contributed by atoms with Crippen molar-refractivity contribution >= 4 is 33.9 Å². The van der Waals surface area contributed by atoms with Gasteiger partial charge in [-0.2, -0.15) is 0 Å². The monoisotopic (exact) mass is 697 g/mol. The molecular weight excluding hydrogens is 654 g/mol. The van der Waals surface area contributed by atoms with Gasteiger partial charge in [-0.3, -0.25) is 14.6 Å². The molecule has 1 fully saturated rings. The van der Waals surface area contributed by atoms with E-state index in [1.54, 1.807) is 63.2 Å². The average Bonchev–Trinajstić information content (AvgIpc) is 3.16. The smallest absolute Gasteiger partial charge is 0.336 e. The fourth-order valence-electron chi connectivity index (χ4n) is 7.60. The first-order valence-electron chi connectivity index (χ1n) is 17.9. The van der Waals surface area contributed by atoms with Crippen LogP contribution in [0, 0.1) is 0 Å². The first-order valence-corrected chi connectivity index (χ1v) is 17.9. The number of para-hydroxylation sites is 2. The lowest BCUT2D eigenvalue weighted by Gasteiger charge is -2.39. The van der Waals surface area contributed by atoms with E-state index in [1.165, 1.54) is 11.1 Å². The number of benzene rings is 4. The van der Waals surface area contributed by atoms with Crippen LogP contribution in [0.25, 0.3) is 21.9 Å². The molecule has 1 unspecified atom stereocenters. The van der Waals surface area contributed by atoms with Crippen LogP contribution in [0.4, 0.5) is 0 Å². The molecule has 1 N–H and O–H groups in total. The number of ether oxygens (including phenoxy) is 2. The zero-order chi connectivity index (χ0) is 36.2. The minimum atomic E-state index is -0.891. The van der Waals surface area contributed by atoms with Crippen molar-refractivity contribution in [1.29, 1.82) is 0 Å². The second kappa shape index (κ2) is 15.4. The summed E-state index contributed by atoms with van der Waals surface area (Å²) >= 11 is 0. The fourth-order valence-corrected chi connectivity index (χ4v) is 7.60. The standard InChI is InChI=1S/C43H43N3O6/c1-4-50-42(48)36-28(2)44-29(3)37(38(36)33-19-13-20-34-40(47)32-18-11-12-21-35(32)52-41(33)34)43(49)51-27-26-45-22-24-46(25-23-45)39(30-14-7-5-8-15-30)31-16-9-6-10-17-31/h5-21,38-39,44H,4,22-27H2,1-3H3. The zero-order valence-electron chi connectivity index (χ0n) is 29.8. The molecule has 2 aliphatic heterocycles. The lowest BCUT2D eigenvalue weighted by molar-refractivity contribution is -0.140. The number of hydrogen-bond donors (Lipinski definition) is 1. The van der Waals surface area contributed by atoms with Crippen molar-refractivity contribution < 1.29 is 23.5 Å². The van der Waals surface area contributed by atoms with Crippen molar-refractivity contribution in [2.45, 2.75) is 32.7 Å². The van der Waals surface area contributed by atoms with Crippen molar-refractivity contribution in [3.05, 3.63) is 153 Å². The number of nitrogens with one attached hydrogen (secondary N) is 1. The van der Waals surface area contributed by atoms with Gasteiger partial charge in [0.15, 0.2) is 0 Å². The topological polar surface area (TPSA) is 101 Å². The molecule has 0 saturated carbocycles. The Hall–Kier alpha value is -5.51. The molecule has 2 aliphatic rings. The molecule has 0 spiro atoms. The van der Waals surface area contributed by atoms with Crippen molar-refractivity contribution in [2.24, 2.45) is 0 Å². The van der Waals surface area contributed by atoms with Gasteiger partial charge in [-0.25, -0.2) is 9.59 Å². The summed E-state index contributed by atoms with van der Waals surface area (Å²) in [6, 6.07) is 33.7. The summed E-state index contributed by atoms with van der Waals surface area (Å²) < 4.78 is 17.9. The summed E-state index contributed by atoms with van der Waals surface area (Å²) in [7, 11) is 0. The molecule has 9 heteroatoms. The van der Waals surface area contributed by atoms with Crippen LogP contribution in [0.3, 0.4) is 0 Å². The Labute approximate surface area is 303 Å². The van der Waals surface area contributed by atoms with Gasteiger partial charge < -0.3 is 19.2 Å². The number of allylic oxidation sites excluding steroid dienone is 2. The van der Waals surface area contributed by atoms with Crippen LogP contribution in [0.15, 0.2) is 135 Å². The normalized spacial score (nSPS) is 17.1. The van der Waals surface area contributed by atoms with Crippen molar-refractivity contribution in [2.75, 3.05) is 45.9 Å². The average molecular weight is 698 g/mol. The van der Waals surface area contributed by atoms with E-state index >= 15 is 0 Å². The van der Waals surface area contributed by atoms with Crippen LogP contribution in [0.5, 0.6) is 0 Å². The van der Waals surface area contributed by atoms with Crippen molar-refractivity contribution in [3.8, 4) is 0 Å². The first kappa shape index (κ1) is 34.9. The van der Waals surface area contributed by atoms with Gasteiger partial charge in [0, 0.05) is 49.7 Å². The van der Waals surface area contributed by atoms with Crippen LogP contribution in [0.2, 0.25) is 0 Å². The molecule has 0 radical (unpaired) electrons. The Morgan fingerprint density at radius 1 is 0.750 bits per heavy atom. The van der Waals surface area contributed by atoms with E-state index in [0.29, 0.717) is 45.4 Å². The second-order valence-corrected chi connectivity index (χ2v) is 13.2. The minimum absolute atomic E-state index is 0.158. The molecular formula is C43H43N3O6. The maximum Gasteiger partial charge on any atom is 0.336 e. The number of piperazine rings is 1. The van der Waals surface area contributed by atoms with E-state index in [0.717, 1.165) is 26.2 Å². The van der Waals surface area contributed by atoms with Crippen LogP contribution in [-0.2, 0) is 19.1 Å². The molecule has 1 atom stereocenters. The highest BCUT2D eigenvalue weighted by atomic mass is 16.5. The van der Waals surface area contributed by atoms with Gasteiger partial charge in [-0.1, -0.05) is 84.9 Å². The third-order valence-corrected chi connectivity index (χ3v) is 10.1. The lowest BCUT2D eigenvalue weighted by Crippen LogP contribution is -2.48. The van der Waals surface area contributed by atoms with Gasteiger partial charge in [-0.15, -0.1) is 0 Å². The number of carbonyl (C=O) groups is 2. The number of carbonyl (C=O) groups excluding carboxylic acids is 2. The Morgan fingerprint density at radius 2 is 1.33 bits per heavy atom. The number of dihydropyridines is 1.